The zero-order valence-corrected chi connectivity index (χ0v) is 14.4. The summed E-state index contributed by atoms with van der Waals surface area (Å²) in [7, 11) is 0. The van der Waals surface area contributed by atoms with Gasteiger partial charge in [0.05, 0.1) is 5.02 Å². The molecule has 0 saturated carbocycles. The average molecular weight is 367 g/mol. The summed E-state index contributed by atoms with van der Waals surface area (Å²) in [6, 6.07) is 11.4. The molecule has 0 unspecified atom stereocenters. The monoisotopic (exact) mass is 366 g/mol. The fraction of sp³-hybridized carbons (Fsp3) is 0.176. The van der Waals surface area contributed by atoms with Crippen LogP contribution < -0.4 is 15.4 Å². The first-order valence-corrected chi connectivity index (χ1v) is 8.01. The lowest BCUT2D eigenvalue weighted by molar-refractivity contribution is -0.118. The van der Waals surface area contributed by atoms with Crippen LogP contribution in [0.4, 0.5) is 5.69 Å². The van der Waals surface area contributed by atoms with Gasteiger partial charge >= 0.3 is 0 Å². The highest BCUT2D eigenvalue weighted by atomic mass is 35.5. The highest BCUT2D eigenvalue weighted by Crippen LogP contribution is 2.27. The van der Waals surface area contributed by atoms with Crippen molar-refractivity contribution < 1.29 is 14.3 Å². The van der Waals surface area contributed by atoms with Gasteiger partial charge in [-0.2, -0.15) is 0 Å². The lowest BCUT2D eigenvalue weighted by Crippen LogP contribution is -2.23. The zero-order valence-electron chi connectivity index (χ0n) is 12.9. The molecule has 2 aromatic carbocycles. The quantitative estimate of drug-likeness (QED) is 0.817. The standard InChI is InChI=1S/C17H16Cl2N2O3/c1-2-20-17(23)11-4-3-5-13(8-11)21-16(22)10-24-15-9-12(18)6-7-14(15)19/h3-9H,2,10H2,1H3,(H,20,23)(H,21,22). The van der Waals surface area contributed by atoms with Crippen molar-refractivity contribution in [3.63, 3.8) is 0 Å². The summed E-state index contributed by atoms with van der Waals surface area (Å²) in [4.78, 5) is 23.8. The van der Waals surface area contributed by atoms with Gasteiger partial charge in [-0.3, -0.25) is 9.59 Å². The van der Waals surface area contributed by atoms with Crippen LogP contribution in [-0.4, -0.2) is 25.0 Å². The molecule has 0 aliphatic rings. The van der Waals surface area contributed by atoms with Crippen LogP contribution in [0.2, 0.25) is 10.0 Å². The van der Waals surface area contributed by atoms with E-state index in [9.17, 15) is 9.59 Å². The lowest BCUT2D eigenvalue weighted by Gasteiger charge is -2.10. The second kappa shape index (κ2) is 8.57. The Morgan fingerprint density at radius 1 is 1.12 bits per heavy atom. The Morgan fingerprint density at radius 2 is 1.92 bits per heavy atom. The predicted molar refractivity (Wildman–Crippen MR) is 95.0 cm³/mol. The van der Waals surface area contributed by atoms with Gasteiger partial charge in [-0.05, 0) is 37.3 Å². The van der Waals surface area contributed by atoms with E-state index < -0.39 is 0 Å². The summed E-state index contributed by atoms with van der Waals surface area (Å²) >= 11 is 11.8. The van der Waals surface area contributed by atoms with Crippen molar-refractivity contribution in [1.82, 2.24) is 5.32 Å². The van der Waals surface area contributed by atoms with Gasteiger partial charge < -0.3 is 15.4 Å². The Hall–Kier alpha value is -2.24. The molecular weight excluding hydrogens is 351 g/mol. The van der Waals surface area contributed by atoms with E-state index in [2.05, 4.69) is 10.6 Å². The number of amides is 2. The van der Waals surface area contributed by atoms with Crippen molar-refractivity contribution >= 4 is 40.7 Å². The number of nitrogens with one attached hydrogen (secondary N) is 2. The largest absolute Gasteiger partial charge is 0.482 e. The third-order valence-corrected chi connectivity index (χ3v) is 3.55. The van der Waals surface area contributed by atoms with Crippen molar-refractivity contribution in [2.24, 2.45) is 0 Å². The molecule has 0 spiro atoms. The molecule has 0 fully saturated rings. The fourth-order valence-corrected chi connectivity index (χ4v) is 2.26. The number of rotatable bonds is 6. The van der Waals surface area contributed by atoms with Gasteiger partial charge in [-0.1, -0.05) is 29.3 Å². The minimum atomic E-state index is -0.376. The van der Waals surface area contributed by atoms with E-state index in [1.54, 1.807) is 36.4 Å². The van der Waals surface area contributed by atoms with Crippen LogP contribution in [0.15, 0.2) is 42.5 Å². The Labute approximate surface area is 149 Å². The Bertz CT molecular complexity index is 750. The number of carbonyl (C=O) groups is 2. The van der Waals surface area contributed by atoms with Crippen molar-refractivity contribution in [2.75, 3.05) is 18.5 Å². The molecule has 0 heterocycles. The normalized spacial score (nSPS) is 10.1. The number of ether oxygens (including phenoxy) is 1. The van der Waals surface area contributed by atoms with Crippen LogP contribution in [0, 0.1) is 0 Å². The van der Waals surface area contributed by atoms with Crippen LogP contribution in [0.5, 0.6) is 5.75 Å². The first-order chi connectivity index (χ1) is 11.5. The first-order valence-electron chi connectivity index (χ1n) is 7.25. The molecule has 0 radical (unpaired) electrons. The molecular formula is C17H16Cl2N2O3. The predicted octanol–water partition coefficient (Wildman–Crippen LogP) is 3.76. The topological polar surface area (TPSA) is 67.4 Å². The second-order valence-corrected chi connectivity index (χ2v) is 5.70. The number of carbonyl (C=O) groups excluding carboxylic acids is 2. The fourth-order valence-electron chi connectivity index (χ4n) is 1.93. The Balaban J connectivity index is 1.96. The minimum absolute atomic E-state index is 0.199. The van der Waals surface area contributed by atoms with Crippen molar-refractivity contribution in [3.8, 4) is 5.75 Å². The zero-order chi connectivity index (χ0) is 17.5. The Morgan fingerprint density at radius 3 is 2.67 bits per heavy atom. The molecule has 2 rings (SSSR count). The van der Waals surface area contributed by atoms with Gasteiger partial charge in [0, 0.05) is 28.9 Å². The van der Waals surface area contributed by atoms with Gasteiger partial charge in [0.1, 0.15) is 5.75 Å². The molecule has 5 nitrogen and oxygen atoms in total. The molecule has 7 heteroatoms. The number of halogens is 2. The SMILES string of the molecule is CCNC(=O)c1cccc(NC(=O)COc2cc(Cl)ccc2Cl)c1. The minimum Gasteiger partial charge on any atom is -0.482 e. The number of anilines is 1. The summed E-state index contributed by atoms with van der Waals surface area (Å²) < 4.78 is 5.36. The van der Waals surface area contributed by atoms with Crippen LogP contribution in [0.3, 0.4) is 0 Å². The van der Waals surface area contributed by atoms with Crippen LogP contribution in [0.25, 0.3) is 0 Å². The van der Waals surface area contributed by atoms with Crippen molar-refractivity contribution in [2.45, 2.75) is 6.92 Å². The van der Waals surface area contributed by atoms with Crippen molar-refractivity contribution in [3.05, 3.63) is 58.1 Å². The van der Waals surface area contributed by atoms with E-state index in [4.69, 9.17) is 27.9 Å². The first kappa shape index (κ1) is 18.1. The third-order valence-electron chi connectivity index (χ3n) is 3.00. The van der Waals surface area contributed by atoms with E-state index >= 15 is 0 Å². The van der Waals surface area contributed by atoms with Gasteiger partial charge in [0.2, 0.25) is 0 Å². The summed E-state index contributed by atoms with van der Waals surface area (Å²) in [6.07, 6.45) is 0. The molecule has 0 aromatic heterocycles. The van der Waals surface area contributed by atoms with Gasteiger partial charge in [0.15, 0.2) is 6.61 Å². The van der Waals surface area contributed by atoms with Gasteiger partial charge in [-0.15, -0.1) is 0 Å². The number of hydrogen-bond acceptors (Lipinski definition) is 3. The van der Waals surface area contributed by atoms with E-state index in [1.807, 2.05) is 6.92 Å². The second-order valence-electron chi connectivity index (χ2n) is 4.85. The molecule has 0 atom stereocenters. The average Bonchev–Trinajstić information content (AvgIpc) is 2.56. The maximum Gasteiger partial charge on any atom is 0.262 e. The molecule has 0 aliphatic carbocycles. The Kier molecular flexibility index (Phi) is 6.46. The van der Waals surface area contributed by atoms with Crippen LogP contribution >= 0.6 is 23.2 Å². The number of hydrogen-bond donors (Lipinski definition) is 2. The highest BCUT2D eigenvalue weighted by molar-refractivity contribution is 6.34. The molecule has 2 N–H and O–H groups in total. The van der Waals surface area contributed by atoms with Crippen LogP contribution in [-0.2, 0) is 4.79 Å². The maximum atomic E-state index is 12.0. The smallest absolute Gasteiger partial charge is 0.262 e. The molecule has 2 aromatic rings. The molecule has 126 valence electrons. The summed E-state index contributed by atoms with van der Waals surface area (Å²) in [5.41, 5.74) is 0.970. The molecule has 24 heavy (non-hydrogen) atoms. The lowest BCUT2D eigenvalue weighted by atomic mass is 10.2. The molecule has 0 saturated heterocycles. The molecule has 0 bridgehead atoms. The highest BCUT2D eigenvalue weighted by Gasteiger charge is 2.09. The van der Waals surface area contributed by atoms with E-state index in [0.29, 0.717) is 33.6 Å². The van der Waals surface area contributed by atoms with E-state index in [-0.39, 0.29) is 18.4 Å². The maximum absolute atomic E-state index is 12.0. The van der Waals surface area contributed by atoms with E-state index in [0.717, 1.165) is 0 Å². The van der Waals surface area contributed by atoms with Crippen LogP contribution in [0.1, 0.15) is 17.3 Å². The number of benzene rings is 2. The van der Waals surface area contributed by atoms with Gasteiger partial charge in [0.25, 0.3) is 11.8 Å². The molecule has 2 amide bonds. The third kappa shape index (κ3) is 5.15. The summed E-state index contributed by atoms with van der Waals surface area (Å²) in [5, 5.41) is 6.19. The van der Waals surface area contributed by atoms with Gasteiger partial charge in [-0.25, -0.2) is 0 Å². The van der Waals surface area contributed by atoms with Crippen molar-refractivity contribution in [1.29, 1.82) is 0 Å². The van der Waals surface area contributed by atoms with E-state index in [1.165, 1.54) is 6.07 Å². The summed E-state index contributed by atoms with van der Waals surface area (Å²) in [6.45, 7) is 2.14. The molecule has 0 aliphatic heterocycles. The summed E-state index contributed by atoms with van der Waals surface area (Å²) in [5.74, 6) is -0.245.